The van der Waals surface area contributed by atoms with Gasteiger partial charge >= 0.3 is 0 Å². The number of hydrogen-bond acceptors (Lipinski definition) is 2. The number of aliphatic hydroxyl groups is 1. The van der Waals surface area contributed by atoms with Crippen LogP contribution in [0.2, 0.25) is 0 Å². The van der Waals surface area contributed by atoms with Crippen molar-refractivity contribution in [1.29, 1.82) is 0 Å². The average molecular weight is 275 g/mol. The third kappa shape index (κ3) is 2.73. The largest absolute Gasteiger partial charge is 0.393 e. The fraction of sp³-hybridized carbons (Fsp3) is 0.588. The number of amides is 1. The number of piperidine rings is 1. The second-order valence-corrected chi connectivity index (χ2v) is 7.19. The molecule has 0 atom stereocenters. The van der Waals surface area contributed by atoms with E-state index in [1.165, 1.54) is 0 Å². The molecule has 1 aromatic carbocycles. The van der Waals surface area contributed by atoms with Crippen LogP contribution in [0.1, 0.15) is 56.5 Å². The zero-order valence-corrected chi connectivity index (χ0v) is 13.1. The van der Waals surface area contributed by atoms with Crippen molar-refractivity contribution in [3.05, 3.63) is 35.4 Å². The molecule has 0 spiro atoms. The third-order valence-electron chi connectivity index (χ3n) is 4.18. The molecule has 0 unspecified atom stereocenters. The van der Waals surface area contributed by atoms with Crippen molar-refractivity contribution in [1.82, 2.24) is 4.90 Å². The molecular formula is C17H25NO2. The van der Waals surface area contributed by atoms with Gasteiger partial charge in [0.1, 0.15) is 0 Å². The maximum Gasteiger partial charge on any atom is 0.254 e. The monoisotopic (exact) mass is 275 g/mol. The number of nitrogens with zero attached hydrogens (tertiary/aromatic N) is 1. The quantitative estimate of drug-likeness (QED) is 0.855. The van der Waals surface area contributed by atoms with E-state index in [0.717, 1.165) is 5.56 Å². The number of aryl methyl sites for hydroxylation is 1. The third-order valence-corrected chi connectivity index (χ3v) is 4.18. The number of benzene rings is 1. The number of carbonyl (C=O) groups excluding carboxylic acids is 1. The van der Waals surface area contributed by atoms with Crippen LogP contribution in [0.25, 0.3) is 0 Å². The molecule has 1 saturated heterocycles. The molecule has 2 rings (SSSR count). The Morgan fingerprint density at radius 3 is 2.00 bits per heavy atom. The van der Waals surface area contributed by atoms with Gasteiger partial charge in [-0.2, -0.15) is 0 Å². The first-order chi connectivity index (χ1) is 9.13. The van der Waals surface area contributed by atoms with Crippen LogP contribution in [-0.4, -0.2) is 33.1 Å². The molecule has 1 aliphatic heterocycles. The smallest absolute Gasteiger partial charge is 0.254 e. The van der Waals surface area contributed by atoms with Gasteiger partial charge < -0.3 is 10.0 Å². The van der Waals surface area contributed by atoms with Crippen LogP contribution in [0.3, 0.4) is 0 Å². The molecule has 20 heavy (non-hydrogen) atoms. The van der Waals surface area contributed by atoms with Crippen molar-refractivity contribution in [3.63, 3.8) is 0 Å². The van der Waals surface area contributed by atoms with E-state index in [4.69, 9.17) is 0 Å². The highest BCUT2D eigenvalue weighted by Crippen LogP contribution is 2.39. The topological polar surface area (TPSA) is 40.5 Å². The summed E-state index contributed by atoms with van der Waals surface area (Å²) in [6, 6.07) is 7.70. The molecule has 110 valence electrons. The normalized spacial score (nSPS) is 21.8. The van der Waals surface area contributed by atoms with Gasteiger partial charge in [-0.25, -0.2) is 0 Å². The first-order valence-corrected chi connectivity index (χ1v) is 7.23. The Bertz CT molecular complexity index is 484. The molecular weight excluding hydrogens is 250 g/mol. The lowest BCUT2D eigenvalue weighted by molar-refractivity contribution is -0.0591. The van der Waals surface area contributed by atoms with Gasteiger partial charge in [-0.15, -0.1) is 0 Å². The molecule has 0 saturated carbocycles. The van der Waals surface area contributed by atoms with Crippen molar-refractivity contribution < 1.29 is 9.90 Å². The Labute approximate surface area is 121 Å². The van der Waals surface area contributed by atoms with E-state index in [1.807, 2.05) is 63.8 Å². The second-order valence-electron chi connectivity index (χ2n) is 7.19. The Morgan fingerprint density at radius 2 is 1.55 bits per heavy atom. The fourth-order valence-electron chi connectivity index (χ4n) is 3.60. The lowest BCUT2D eigenvalue weighted by atomic mass is 9.77. The van der Waals surface area contributed by atoms with Gasteiger partial charge in [-0.05, 0) is 59.6 Å². The summed E-state index contributed by atoms with van der Waals surface area (Å²) < 4.78 is 0. The van der Waals surface area contributed by atoms with Crippen molar-refractivity contribution in [2.45, 2.75) is 64.6 Å². The number of likely N-dealkylation sites (tertiary alicyclic amines) is 1. The van der Waals surface area contributed by atoms with Crippen LogP contribution in [0.5, 0.6) is 0 Å². The highest BCUT2D eigenvalue weighted by molar-refractivity contribution is 5.95. The van der Waals surface area contributed by atoms with E-state index in [-0.39, 0.29) is 23.1 Å². The van der Waals surface area contributed by atoms with Crippen LogP contribution in [0.4, 0.5) is 0 Å². The first kappa shape index (κ1) is 15.0. The maximum atomic E-state index is 12.9. The zero-order valence-electron chi connectivity index (χ0n) is 13.1. The zero-order chi connectivity index (χ0) is 15.1. The summed E-state index contributed by atoms with van der Waals surface area (Å²) in [5.41, 5.74) is 1.17. The minimum absolute atomic E-state index is 0.0481. The van der Waals surface area contributed by atoms with Gasteiger partial charge in [-0.3, -0.25) is 4.79 Å². The molecule has 0 bridgehead atoms. The van der Waals surface area contributed by atoms with Gasteiger partial charge in [0.05, 0.1) is 6.10 Å². The molecule has 1 N–H and O–H groups in total. The molecule has 0 aromatic heterocycles. The second kappa shape index (κ2) is 4.88. The Morgan fingerprint density at radius 1 is 1.10 bits per heavy atom. The van der Waals surface area contributed by atoms with Gasteiger partial charge in [0.15, 0.2) is 0 Å². The van der Waals surface area contributed by atoms with Gasteiger partial charge in [0.2, 0.25) is 0 Å². The standard InChI is InChI=1S/C17H25NO2/c1-12-6-8-13(9-7-12)15(20)18-16(2,3)10-14(19)11-17(18,4)5/h6-9,14,19H,10-11H2,1-5H3. The molecule has 0 aliphatic carbocycles. The van der Waals surface area contributed by atoms with E-state index in [1.54, 1.807) is 0 Å². The molecule has 1 aromatic rings. The van der Waals surface area contributed by atoms with Gasteiger partial charge in [0.25, 0.3) is 5.91 Å². The summed E-state index contributed by atoms with van der Waals surface area (Å²) in [5, 5.41) is 10.0. The molecule has 1 fully saturated rings. The predicted octanol–water partition coefficient (Wildman–Crippen LogP) is 3.15. The van der Waals surface area contributed by atoms with Crippen LogP contribution in [-0.2, 0) is 0 Å². The predicted molar refractivity (Wildman–Crippen MR) is 80.7 cm³/mol. The van der Waals surface area contributed by atoms with E-state index in [0.29, 0.717) is 18.4 Å². The SMILES string of the molecule is Cc1ccc(C(=O)N2C(C)(C)CC(O)CC2(C)C)cc1. The van der Waals surface area contributed by atoms with E-state index < -0.39 is 0 Å². The van der Waals surface area contributed by atoms with Crippen LogP contribution in [0, 0.1) is 6.92 Å². The summed E-state index contributed by atoms with van der Waals surface area (Å²) >= 11 is 0. The number of rotatable bonds is 1. The van der Waals surface area contributed by atoms with E-state index in [9.17, 15) is 9.90 Å². The highest BCUT2D eigenvalue weighted by Gasteiger charge is 2.47. The number of carbonyl (C=O) groups is 1. The van der Waals surface area contributed by atoms with Gasteiger partial charge in [-0.1, -0.05) is 17.7 Å². The lowest BCUT2D eigenvalue weighted by Crippen LogP contribution is -2.63. The van der Waals surface area contributed by atoms with Crippen molar-refractivity contribution in [2.75, 3.05) is 0 Å². The minimum Gasteiger partial charge on any atom is -0.393 e. The average Bonchev–Trinajstić information content (AvgIpc) is 2.25. The van der Waals surface area contributed by atoms with Crippen LogP contribution in [0.15, 0.2) is 24.3 Å². The summed E-state index contributed by atoms with van der Waals surface area (Å²) in [5.74, 6) is 0.0481. The van der Waals surface area contributed by atoms with Crippen molar-refractivity contribution in [3.8, 4) is 0 Å². The van der Waals surface area contributed by atoms with Crippen LogP contribution >= 0.6 is 0 Å². The molecule has 1 aliphatic rings. The van der Waals surface area contributed by atoms with Crippen molar-refractivity contribution in [2.24, 2.45) is 0 Å². The first-order valence-electron chi connectivity index (χ1n) is 7.23. The Balaban J connectivity index is 2.37. The molecule has 1 heterocycles. The van der Waals surface area contributed by atoms with E-state index in [2.05, 4.69) is 0 Å². The van der Waals surface area contributed by atoms with Crippen molar-refractivity contribution >= 4 is 5.91 Å². The molecule has 3 nitrogen and oxygen atoms in total. The minimum atomic E-state index is -0.345. The fourth-order valence-corrected chi connectivity index (χ4v) is 3.60. The number of hydrogen-bond donors (Lipinski definition) is 1. The Kier molecular flexibility index (Phi) is 3.67. The summed E-state index contributed by atoms with van der Waals surface area (Å²) in [6.45, 7) is 10.1. The molecule has 3 heteroatoms. The van der Waals surface area contributed by atoms with Crippen LogP contribution < -0.4 is 0 Å². The molecule has 0 radical (unpaired) electrons. The summed E-state index contributed by atoms with van der Waals surface area (Å²) in [4.78, 5) is 14.8. The number of aliphatic hydroxyl groups excluding tert-OH is 1. The summed E-state index contributed by atoms with van der Waals surface area (Å²) in [6.07, 6.45) is 0.893. The lowest BCUT2D eigenvalue weighted by Gasteiger charge is -2.54. The highest BCUT2D eigenvalue weighted by atomic mass is 16.3. The molecule has 1 amide bonds. The Hall–Kier alpha value is -1.35. The van der Waals surface area contributed by atoms with Gasteiger partial charge in [0, 0.05) is 16.6 Å². The maximum absolute atomic E-state index is 12.9. The van der Waals surface area contributed by atoms with E-state index >= 15 is 0 Å². The summed E-state index contributed by atoms with van der Waals surface area (Å²) in [7, 11) is 0.